The number of rotatable bonds is 7. The molecule has 1 aromatic rings. The number of nitrogens with one attached hydrogen (secondary N) is 1. The van der Waals surface area contributed by atoms with Crippen LogP contribution in [0, 0.1) is 0 Å². The molecule has 0 radical (unpaired) electrons. The standard InChI is InChI=1S/C12H19N3O3S/c13-7-6-10-4-1-2-5-11(10)12(16)15-8-3-9-19(14,17)18/h1-2,4-5H,3,6-9,13H2,(H,15,16)(H2,14,17,18). The summed E-state index contributed by atoms with van der Waals surface area (Å²) in [5.41, 5.74) is 6.94. The Morgan fingerprint density at radius 2 is 1.95 bits per heavy atom. The van der Waals surface area contributed by atoms with Crippen LogP contribution in [0.15, 0.2) is 24.3 Å². The summed E-state index contributed by atoms with van der Waals surface area (Å²) >= 11 is 0. The molecule has 0 aliphatic rings. The summed E-state index contributed by atoms with van der Waals surface area (Å²) in [5.74, 6) is -0.365. The molecule has 0 saturated carbocycles. The molecule has 0 unspecified atom stereocenters. The molecule has 0 aliphatic heterocycles. The second-order valence-corrected chi connectivity index (χ2v) is 5.91. The van der Waals surface area contributed by atoms with E-state index < -0.39 is 10.0 Å². The third-order valence-electron chi connectivity index (χ3n) is 2.57. The number of nitrogens with two attached hydrogens (primary N) is 2. The van der Waals surface area contributed by atoms with Gasteiger partial charge in [0, 0.05) is 12.1 Å². The van der Waals surface area contributed by atoms with E-state index in [1.165, 1.54) is 0 Å². The predicted octanol–water partition coefficient (Wildman–Crippen LogP) is -0.404. The number of hydrogen-bond donors (Lipinski definition) is 3. The fraction of sp³-hybridized carbons (Fsp3) is 0.417. The highest BCUT2D eigenvalue weighted by Gasteiger charge is 2.10. The summed E-state index contributed by atoms with van der Waals surface area (Å²) in [5, 5.41) is 7.54. The van der Waals surface area contributed by atoms with Crippen LogP contribution in [0.5, 0.6) is 0 Å². The second-order valence-electron chi connectivity index (χ2n) is 4.17. The first kappa shape index (κ1) is 15.6. The summed E-state index contributed by atoms with van der Waals surface area (Å²) in [6, 6.07) is 7.20. The van der Waals surface area contributed by atoms with Crippen LogP contribution in [0.3, 0.4) is 0 Å². The molecule has 7 heteroatoms. The third kappa shape index (κ3) is 5.82. The summed E-state index contributed by atoms with van der Waals surface area (Å²) in [4.78, 5) is 11.9. The lowest BCUT2D eigenvalue weighted by atomic mass is 10.0. The minimum Gasteiger partial charge on any atom is -0.352 e. The topological polar surface area (TPSA) is 115 Å². The first-order chi connectivity index (χ1) is 8.94. The largest absolute Gasteiger partial charge is 0.352 e. The van der Waals surface area contributed by atoms with Gasteiger partial charge in [-0.15, -0.1) is 0 Å². The number of amides is 1. The Balaban J connectivity index is 2.54. The van der Waals surface area contributed by atoms with Gasteiger partial charge in [0.25, 0.3) is 5.91 Å². The van der Waals surface area contributed by atoms with Crippen LogP contribution in [-0.4, -0.2) is 33.2 Å². The lowest BCUT2D eigenvalue weighted by molar-refractivity contribution is 0.0953. The molecule has 5 N–H and O–H groups in total. The minimum absolute atomic E-state index is 0.141. The van der Waals surface area contributed by atoms with E-state index in [0.29, 0.717) is 24.9 Å². The molecular formula is C12H19N3O3S. The highest BCUT2D eigenvalue weighted by molar-refractivity contribution is 7.89. The van der Waals surface area contributed by atoms with Crippen LogP contribution in [0.25, 0.3) is 0 Å². The van der Waals surface area contributed by atoms with Crippen LogP contribution in [-0.2, 0) is 16.4 Å². The molecule has 0 saturated heterocycles. The summed E-state index contributed by atoms with van der Waals surface area (Å²) in [6.45, 7) is 0.738. The van der Waals surface area contributed by atoms with Crippen LogP contribution in [0.1, 0.15) is 22.3 Å². The number of carbonyl (C=O) groups is 1. The van der Waals surface area contributed by atoms with Crippen molar-refractivity contribution < 1.29 is 13.2 Å². The molecule has 0 aliphatic carbocycles. The maximum absolute atomic E-state index is 11.9. The van der Waals surface area contributed by atoms with E-state index in [0.717, 1.165) is 5.56 Å². The Hall–Kier alpha value is -1.44. The number of hydrogen-bond acceptors (Lipinski definition) is 4. The van der Waals surface area contributed by atoms with Crippen molar-refractivity contribution in [3.63, 3.8) is 0 Å². The van der Waals surface area contributed by atoms with E-state index in [9.17, 15) is 13.2 Å². The van der Waals surface area contributed by atoms with E-state index in [4.69, 9.17) is 10.9 Å². The van der Waals surface area contributed by atoms with Crippen molar-refractivity contribution >= 4 is 15.9 Å². The Morgan fingerprint density at radius 1 is 1.26 bits per heavy atom. The molecule has 1 aromatic carbocycles. The lowest BCUT2D eigenvalue weighted by Gasteiger charge is -2.09. The molecular weight excluding hydrogens is 266 g/mol. The summed E-state index contributed by atoms with van der Waals surface area (Å²) in [6.07, 6.45) is 0.921. The average molecular weight is 285 g/mol. The van der Waals surface area contributed by atoms with Crippen molar-refractivity contribution in [3.8, 4) is 0 Å². The zero-order chi connectivity index (χ0) is 14.3. The minimum atomic E-state index is -3.47. The number of primary sulfonamides is 1. The van der Waals surface area contributed by atoms with E-state index in [-0.39, 0.29) is 18.2 Å². The van der Waals surface area contributed by atoms with Gasteiger partial charge in [-0.25, -0.2) is 13.6 Å². The molecule has 1 rings (SSSR count). The van der Waals surface area contributed by atoms with Crippen LogP contribution < -0.4 is 16.2 Å². The van der Waals surface area contributed by atoms with Crippen LogP contribution in [0.4, 0.5) is 0 Å². The number of benzene rings is 1. The molecule has 0 bridgehead atoms. The van der Waals surface area contributed by atoms with Crippen molar-refractivity contribution in [1.82, 2.24) is 5.32 Å². The normalized spacial score (nSPS) is 11.3. The fourth-order valence-corrected chi connectivity index (χ4v) is 2.23. The van der Waals surface area contributed by atoms with E-state index in [1.54, 1.807) is 12.1 Å². The first-order valence-corrected chi connectivity index (χ1v) is 7.72. The average Bonchev–Trinajstić information content (AvgIpc) is 2.34. The van der Waals surface area contributed by atoms with Gasteiger partial charge in [-0.05, 0) is 31.0 Å². The lowest BCUT2D eigenvalue weighted by Crippen LogP contribution is -2.28. The van der Waals surface area contributed by atoms with E-state index >= 15 is 0 Å². The maximum atomic E-state index is 11.9. The van der Waals surface area contributed by atoms with Crippen LogP contribution in [0.2, 0.25) is 0 Å². The van der Waals surface area contributed by atoms with Gasteiger partial charge in [-0.1, -0.05) is 18.2 Å². The van der Waals surface area contributed by atoms with Crippen LogP contribution >= 0.6 is 0 Å². The molecule has 0 atom stereocenters. The Labute approximate surface area is 113 Å². The molecule has 0 aromatic heterocycles. The van der Waals surface area contributed by atoms with Gasteiger partial charge in [-0.3, -0.25) is 4.79 Å². The van der Waals surface area contributed by atoms with Crippen molar-refractivity contribution in [2.45, 2.75) is 12.8 Å². The van der Waals surface area contributed by atoms with Gasteiger partial charge in [0.05, 0.1) is 5.75 Å². The summed E-state index contributed by atoms with van der Waals surface area (Å²) in [7, 11) is -3.47. The van der Waals surface area contributed by atoms with Gasteiger partial charge in [0.15, 0.2) is 0 Å². The zero-order valence-electron chi connectivity index (χ0n) is 10.6. The fourth-order valence-electron chi connectivity index (χ4n) is 1.69. The SMILES string of the molecule is NCCc1ccccc1C(=O)NCCCS(N)(=O)=O. The second kappa shape index (κ2) is 7.22. The van der Waals surface area contributed by atoms with Crippen molar-refractivity contribution in [2.75, 3.05) is 18.8 Å². The number of sulfonamides is 1. The molecule has 19 heavy (non-hydrogen) atoms. The van der Waals surface area contributed by atoms with Crippen molar-refractivity contribution in [1.29, 1.82) is 0 Å². The Bertz CT molecular complexity index is 529. The summed E-state index contributed by atoms with van der Waals surface area (Å²) < 4.78 is 21.5. The van der Waals surface area contributed by atoms with Crippen molar-refractivity contribution in [3.05, 3.63) is 35.4 Å². The highest BCUT2D eigenvalue weighted by atomic mass is 32.2. The quantitative estimate of drug-likeness (QED) is 0.591. The Kier molecular flexibility index (Phi) is 5.94. The van der Waals surface area contributed by atoms with Gasteiger partial charge in [0.2, 0.25) is 10.0 Å². The van der Waals surface area contributed by atoms with Gasteiger partial charge in [0.1, 0.15) is 0 Å². The maximum Gasteiger partial charge on any atom is 0.251 e. The smallest absolute Gasteiger partial charge is 0.251 e. The van der Waals surface area contributed by atoms with Gasteiger partial charge < -0.3 is 11.1 Å². The van der Waals surface area contributed by atoms with Crippen molar-refractivity contribution in [2.24, 2.45) is 10.9 Å². The number of carbonyl (C=O) groups excluding carboxylic acids is 1. The van der Waals surface area contributed by atoms with E-state index in [2.05, 4.69) is 5.32 Å². The predicted molar refractivity (Wildman–Crippen MR) is 74.1 cm³/mol. The molecule has 0 heterocycles. The Morgan fingerprint density at radius 3 is 2.58 bits per heavy atom. The zero-order valence-corrected chi connectivity index (χ0v) is 11.4. The first-order valence-electron chi connectivity index (χ1n) is 6.00. The third-order valence-corrected chi connectivity index (χ3v) is 3.42. The van der Waals surface area contributed by atoms with E-state index in [1.807, 2.05) is 12.1 Å². The molecule has 1 amide bonds. The molecule has 6 nitrogen and oxygen atoms in total. The highest BCUT2D eigenvalue weighted by Crippen LogP contribution is 2.08. The molecule has 0 spiro atoms. The molecule has 0 fully saturated rings. The van der Waals surface area contributed by atoms with Gasteiger partial charge >= 0.3 is 0 Å². The molecule has 106 valence electrons. The monoisotopic (exact) mass is 285 g/mol. The van der Waals surface area contributed by atoms with Gasteiger partial charge in [-0.2, -0.15) is 0 Å².